The quantitative estimate of drug-likeness (QED) is 0.380. The van der Waals surface area contributed by atoms with E-state index in [1.165, 1.54) is 6.07 Å². The molecule has 5 nitrogen and oxygen atoms in total. The zero-order valence-electron chi connectivity index (χ0n) is 13.9. The molecule has 0 aliphatic carbocycles. The van der Waals surface area contributed by atoms with E-state index in [0.717, 1.165) is 5.56 Å². The molecule has 0 atom stereocenters. The Morgan fingerprint density at radius 2 is 1.93 bits per heavy atom. The number of fused-ring (bicyclic) bond motifs is 1. The number of ketones is 1. The third-order valence-corrected chi connectivity index (χ3v) is 4.17. The number of pyridine rings is 1. The van der Waals surface area contributed by atoms with Gasteiger partial charge in [-0.3, -0.25) is 9.78 Å². The van der Waals surface area contributed by atoms with Crippen molar-refractivity contribution in [3.05, 3.63) is 94.5 Å². The summed E-state index contributed by atoms with van der Waals surface area (Å²) in [4.78, 5) is 28.7. The molecule has 2 aromatic carbocycles. The summed E-state index contributed by atoms with van der Waals surface area (Å²) in [7, 11) is 0. The molecule has 0 radical (unpaired) electrons. The second-order valence-corrected chi connectivity index (χ2v) is 6.22. The SMILES string of the molecule is O=C(Oc1ccc2c(c1)OC(=Cc1cccnc1)C2=O)c1ccc(Cl)cc1. The average Bonchev–Trinajstić information content (AvgIpc) is 2.98. The van der Waals surface area contributed by atoms with Gasteiger partial charge in [0, 0.05) is 23.5 Å². The van der Waals surface area contributed by atoms with E-state index in [4.69, 9.17) is 21.1 Å². The van der Waals surface area contributed by atoms with Gasteiger partial charge in [0.25, 0.3) is 0 Å². The van der Waals surface area contributed by atoms with Crippen molar-refractivity contribution in [2.24, 2.45) is 0 Å². The third kappa shape index (κ3) is 3.59. The van der Waals surface area contributed by atoms with E-state index in [-0.39, 0.29) is 17.3 Å². The molecular weight excluding hydrogens is 366 g/mol. The fourth-order valence-corrected chi connectivity index (χ4v) is 2.72. The summed E-state index contributed by atoms with van der Waals surface area (Å²) >= 11 is 5.82. The van der Waals surface area contributed by atoms with Crippen LogP contribution in [0.1, 0.15) is 26.3 Å². The van der Waals surface area contributed by atoms with E-state index in [0.29, 0.717) is 21.9 Å². The van der Waals surface area contributed by atoms with Crippen molar-refractivity contribution < 1.29 is 19.1 Å². The molecule has 6 heteroatoms. The second-order valence-electron chi connectivity index (χ2n) is 5.78. The van der Waals surface area contributed by atoms with E-state index in [9.17, 15) is 9.59 Å². The fraction of sp³-hybridized carbons (Fsp3) is 0. The van der Waals surface area contributed by atoms with Crippen molar-refractivity contribution in [1.82, 2.24) is 4.98 Å². The van der Waals surface area contributed by atoms with Crippen LogP contribution in [0, 0.1) is 0 Å². The first-order valence-electron chi connectivity index (χ1n) is 8.06. The van der Waals surface area contributed by atoms with Crippen molar-refractivity contribution in [2.45, 2.75) is 0 Å². The van der Waals surface area contributed by atoms with E-state index < -0.39 is 5.97 Å². The van der Waals surface area contributed by atoms with Crippen molar-refractivity contribution in [3.8, 4) is 11.5 Å². The Morgan fingerprint density at radius 3 is 2.67 bits per heavy atom. The molecule has 27 heavy (non-hydrogen) atoms. The van der Waals surface area contributed by atoms with Crippen LogP contribution in [0.5, 0.6) is 11.5 Å². The highest BCUT2D eigenvalue weighted by atomic mass is 35.5. The van der Waals surface area contributed by atoms with Gasteiger partial charge in [-0.2, -0.15) is 0 Å². The Balaban J connectivity index is 1.55. The highest BCUT2D eigenvalue weighted by Gasteiger charge is 2.28. The molecule has 0 amide bonds. The number of hydrogen-bond acceptors (Lipinski definition) is 5. The largest absolute Gasteiger partial charge is 0.452 e. The second kappa shape index (κ2) is 7.05. The molecule has 132 valence electrons. The van der Waals surface area contributed by atoms with Gasteiger partial charge in [0.05, 0.1) is 11.1 Å². The van der Waals surface area contributed by atoms with E-state index >= 15 is 0 Å². The van der Waals surface area contributed by atoms with Crippen molar-refractivity contribution >= 4 is 29.4 Å². The van der Waals surface area contributed by atoms with Gasteiger partial charge in [-0.05, 0) is 54.1 Å². The first-order chi connectivity index (χ1) is 13.1. The number of halogens is 1. The summed E-state index contributed by atoms with van der Waals surface area (Å²) in [5.74, 6) is 0.0614. The van der Waals surface area contributed by atoms with Crippen LogP contribution >= 0.6 is 11.6 Å². The van der Waals surface area contributed by atoms with Crippen molar-refractivity contribution in [2.75, 3.05) is 0 Å². The van der Waals surface area contributed by atoms with E-state index in [2.05, 4.69) is 4.98 Å². The summed E-state index contributed by atoms with van der Waals surface area (Å²) in [6, 6.07) is 14.6. The highest BCUT2D eigenvalue weighted by molar-refractivity contribution is 6.30. The van der Waals surface area contributed by atoms with Crippen LogP contribution in [0.3, 0.4) is 0 Å². The Labute approximate surface area is 159 Å². The maximum atomic E-state index is 12.5. The Bertz CT molecular complexity index is 1060. The van der Waals surface area contributed by atoms with Crippen LogP contribution in [0.15, 0.2) is 72.8 Å². The van der Waals surface area contributed by atoms with Crippen molar-refractivity contribution in [1.29, 1.82) is 0 Å². The first-order valence-corrected chi connectivity index (χ1v) is 8.44. The number of carbonyl (C=O) groups is 2. The number of ether oxygens (including phenoxy) is 2. The standard InChI is InChI=1S/C21H12ClNO4/c22-15-5-3-14(4-6-15)21(25)26-16-7-8-17-18(11-16)27-19(20(17)24)10-13-2-1-9-23-12-13/h1-12H. The predicted molar refractivity (Wildman–Crippen MR) is 100 cm³/mol. The van der Waals surface area contributed by atoms with Gasteiger partial charge in [-0.15, -0.1) is 0 Å². The molecule has 0 saturated heterocycles. The molecule has 0 saturated carbocycles. The number of esters is 1. The van der Waals surface area contributed by atoms with Crippen molar-refractivity contribution in [3.63, 3.8) is 0 Å². The van der Waals surface area contributed by atoms with Crippen LogP contribution in [0.4, 0.5) is 0 Å². The number of benzene rings is 2. The number of Topliss-reactive ketones (excluding diaryl/α,β-unsaturated/α-hetero) is 1. The van der Waals surface area contributed by atoms with Gasteiger partial charge >= 0.3 is 5.97 Å². The third-order valence-electron chi connectivity index (χ3n) is 3.91. The van der Waals surface area contributed by atoms with Crippen LogP contribution in [0.25, 0.3) is 6.08 Å². The summed E-state index contributed by atoms with van der Waals surface area (Å²) in [6.07, 6.45) is 4.90. The van der Waals surface area contributed by atoms with Crippen LogP contribution in [-0.2, 0) is 0 Å². The Kier molecular flexibility index (Phi) is 4.44. The van der Waals surface area contributed by atoms with E-state index in [1.807, 2.05) is 6.07 Å². The zero-order chi connectivity index (χ0) is 18.8. The number of nitrogens with zero attached hydrogens (tertiary/aromatic N) is 1. The van der Waals surface area contributed by atoms with Gasteiger partial charge in [0.2, 0.25) is 5.78 Å². The number of aromatic nitrogens is 1. The molecule has 2 heterocycles. The number of carbonyl (C=O) groups excluding carboxylic acids is 2. The molecule has 0 N–H and O–H groups in total. The normalized spacial score (nSPS) is 14.0. The van der Waals surface area contributed by atoms with Gasteiger partial charge in [-0.1, -0.05) is 17.7 Å². The monoisotopic (exact) mass is 377 g/mol. The summed E-state index contributed by atoms with van der Waals surface area (Å²) in [5.41, 5.74) is 1.54. The molecule has 0 bridgehead atoms. The maximum Gasteiger partial charge on any atom is 0.343 e. The molecule has 0 unspecified atom stereocenters. The molecule has 0 fully saturated rings. The Hall–Kier alpha value is -3.44. The summed E-state index contributed by atoms with van der Waals surface area (Å²) < 4.78 is 11.0. The lowest BCUT2D eigenvalue weighted by molar-refractivity contribution is 0.0734. The van der Waals surface area contributed by atoms with Crippen LogP contribution < -0.4 is 9.47 Å². The minimum Gasteiger partial charge on any atom is -0.452 e. The molecule has 1 aromatic heterocycles. The molecule has 1 aliphatic rings. The minimum atomic E-state index is -0.526. The number of hydrogen-bond donors (Lipinski definition) is 0. The van der Waals surface area contributed by atoms with Gasteiger partial charge in [-0.25, -0.2) is 4.79 Å². The number of rotatable bonds is 3. The minimum absolute atomic E-state index is 0.194. The zero-order valence-corrected chi connectivity index (χ0v) is 14.6. The summed E-state index contributed by atoms with van der Waals surface area (Å²) in [5, 5.41) is 0.531. The lowest BCUT2D eigenvalue weighted by atomic mass is 10.1. The molecule has 3 aromatic rings. The summed E-state index contributed by atoms with van der Waals surface area (Å²) in [6.45, 7) is 0. The number of allylic oxidation sites excluding steroid dienone is 1. The van der Waals surface area contributed by atoms with Gasteiger partial charge in [0.1, 0.15) is 11.5 Å². The smallest absolute Gasteiger partial charge is 0.343 e. The first kappa shape index (κ1) is 17.0. The van der Waals surface area contributed by atoms with Gasteiger partial charge in [0.15, 0.2) is 5.76 Å². The average molecular weight is 378 g/mol. The molecule has 4 rings (SSSR count). The molecular formula is C21H12ClNO4. The predicted octanol–water partition coefficient (Wildman–Crippen LogP) is 4.57. The maximum absolute atomic E-state index is 12.5. The lowest BCUT2D eigenvalue weighted by Gasteiger charge is -2.05. The molecule has 1 aliphatic heterocycles. The molecule has 0 spiro atoms. The van der Waals surface area contributed by atoms with Crippen LogP contribution in [0.2, 0.25) is 5.02 Å². The lowest BCUT2D eigenvalue weighted by Crippen LogP contribution is -2.08. The van der Waals surface area contributed by atoms with Crippen LogP contribution in [-0.4, -0.2) is 16.7 Å². The fourth-order valence-electron chi connectivity index (χ4n) is 2.60. The highest BCUT2D eigenvalue weighted by Crippen LogP contribution is 2.35. The topological polar surface area (TPSA) is 65.5 Å². The van der Waals surface area contributed by atoms with Gasteiger partial charge < -0.3 is 9.47 Å². The van der Waals surface area contributed by atoms with E-state index in [1.54, 1.807) is 60.9 Å². The Morgan fingerprint density at radius 1 is 1.11 bits per heavy atom.